The standard InChI is InChI=1S/C13H15N3O3/c1-19-11-4-3-9(12(14)13(17)18)7-10(11)8-16-6-2-5-15-16/h2-7,12H,8,14H2,1H3,(H,17,18)/t12-/m0/s1. The van der Waals surface area contributed by atoms with E-state index in [2.05, 4.69) is 5.10 Å². The van der Waals surface area contributed by atoms with Crippen LogP contribution in [0, 0.1) is 0 Å². The number of hydrogen-bond acceptors (Lipinski definition) is 4. The van der Waals surface area contributed by atoms with Crippen LogP contribution in [0.2, 0.25) is 0 Å². The predicted octanol–water partition coefficient (Wildman–Crippen LogP) is 1.02. The lowest BCUT2D eigenvalue weighted by molar-refractivity contribution is -0.138. The number of hydrogen-bond donors (Lipinski definition) is 2. The second-order valence-electron chi connectivity index (χ2n) is 4.09. The molecule has 0 unspecified atom stereocenters. The van der Waals surface area contributed by atoms with Gasteiger partial charge in [0.2, 0.25) is 0 Å². The fourth-order valence-corrected chi connectivity index (χ4v) is 1.83. The van der Waals surface area contributed by atoms with Crippen LogP contribution in [0.1, 0.15) is 17.2 Å². The minimum Gasteiger partial charge on any atom is -0.496 e. The monoisotopic (exact) mass is 261 g/mol. The molecule has 0 saturated carbocycles. The topological polar surface area (TPSA) is 90.4 Å². The fourth-order valence-electron chi connectivity index (χ4n) is 1.83. The molecule has 0 aliphatic heterocycles. The van der Waals surface area contributed by atoms with Crippen LogP contribution < -0.4 is 10.5 Å². The molecule has 6 nitrogen and oxygen atoms in total. The van der Waals surface area contributed by atoms with Gasteiger partial charge in [-0.1, -0.05) is 6.07 Å². The molecule has 1 aromatic carbocycles. The Hall–Kier alpha value is -2.34. The number of nitrogens with two attached hydrogens (primary N) is 1. The molecule has 100 valence electrons. The molecule has 2 aromatic rings. The van der Waals surface area contributed by atoms with Gasteiger partial charge in [-0.3, -0.25) is 9.48 Å². The van der Waals surface area contributed by atoms with Crippen molar-refractivity contribution in [1.29, 1.82) is 0 Å². The highest BCUT2D eigenvalue weighted by Crippen LogP contribution is 2.23. The molecule has 0 amide bonds. The highest BCUT2D eigenvalue weighted by molar-refractivity contribution is 5.75. The summed E-state index contributed by atoms with van der Waals surface area (Å²) in [6, 6.07) is 5.89. The Balaban J connectivity index is 2.33. The Morgan fingerprint density at radius 1 is 1.58 bits per heavy atom. The zero-order valence-electron chi connectivity index (χ0n) is 10.5. The smallest absolute Gasteiger partial charge is 0.325 e. The first kappa shape index (κ1) is 13.1. The Morgan fingerprint density at radius 2 is 2.37 bits per heavy atom. The minimum atomic E-state index is -1.06. The third kappa shape index (κ3) is 2.92. The summed E-state index contributed by atoms with van der Waals surface area (Å²) in [7, 11) is 1.57. The molecule has 1 heterocycles. The van der Waals surface area contributed by atoms with Crippen LogP contribution in [-0.2, 0) is 11.3 Å². The molecule has 3 N–H and O–H groups in total. The first-order valence-electron chi connectivity index (χ1n) is 5.74. The van der Waals surface area contributed by atoms with Crippen molar-refractivity contribution in [2.45, 2.75) is 12.6 Å². The van der Waals surface area contributed by atoms with Crippen molar-refractivity contribution >= 4 is 5.97 Å². The molecule has 0 aliphatic rings. The minimum absolute atomic E-state index is 0.496. The molecule has 0 radical (unpaired) electrons. The van der Waals surface area contributed by atoms with Gasteiger partial charge in [-0.25, -0.2) is 0 Å². The maximum Gasteiger partial charge on any atom is 0.325 e. The summed E-state index contributed by atoms with van der Waals surface area (Å²) in [4.78, 5) is 10.9. The van der Waals surface area contributed by atoms with Gasteiger partial charge in [0.25, 0.3) is 0 Å². The van der Waals surface area contributed by atoms with Gasteiger partial charge < -0.3 is 15.6 Å². The Morgan fingerprint density at radius 3 is 2.95 bits per heavy atom. The summed E-state index contributed by atoms with van der Waals surface area (Å²) in [6.45, 7) is 0.496. The first-order chi connectivity index (χ1) is 9.11. The number of carboxylic acids is 1. The summed E-state index contributed by atoms with van der Waals surface area (Å²) in [6.07, 6.45) is 3.50. The van der Waals surface area contributed by atoms with Crippen molar-refractivity contribution in [3.8, 4) is 5.75 Å². The highest BCUT2D eigenvalue weighted by Gasteiger charge is 2.16. The Bertz CT molecular complexity index is 567. The third-order valence-electron chi connectivity index (χ3n) is 2.82. The van der Waals surface area contributed by atoms with Crippen molar-refractivity contribution < 1.29 is 14.6 Å². The molecule has 0 spiro atoms. The van der Waals surface area contributed by atoms with E-state index in [9.17, 15) is 4.79 Å². The van der Waals surface area contributed by atoms with Crippen molar-refractivity contribution in [3.05, 3.63) is 47.8 Å². The van der Waals surface area contributed by atoms with Gasteiger partial charge >= 0.3 is 5.97 Å². The number of aromatic nitrogens is 2. The summed E-state index contributed by atoms with van der Waals surface area (Å²) >= 11 is 0. The quantitative estimate of drug-likeness (QED) is 0.838. The Kier molecular flexibility index (Phi) is 3.82. The fraction of sp³-hybridized carbons (Fsp3) is 0.231. The molecular weight excluding hydrogens is 246 g/mol. The molecule has 1 aromatic heterocycles. The van der Waals surface area contributed by atoms with Crippen molar-refractivity contribution in [2.24, 2.45) is 5.73 Å². The van der Waals surface area contributed by atoms with E-state index in [1.54, 1.807) is 36.2 Å². The Labute approximate surface area is 110 Å². The van der Waals surface area contributed by atoms with Crippen molar-refractivity contribution in [3.63, 3.8) is 0 Å². The van der Waals surface area contributed by atoms with Gasteiger partial charge in [0.1, 0.15) is 11.8 Å². The van der Waals surface area contributed by atoms with Gasteiger partial charge in [-0.15, -0.1) is 0 Å². The number of methoxy groups -OCH3 is 1. The SMILES string of the molecule is COc1ccc([C@H](N)C(=O)O)cc1Cn1cccn1. The normalized spacial score (nSPS) is 12.1. The second-order valence-corrected chi connectivity index (χ2v) is 4.09. The lowest BCUT2D eigenvalue weighted by atomic mass is 10.0. The van der Waals surface area contributed by atoms with Crippen LogP contribution in [0.25, 0.3) is 0 Å². The lowest BCUT2D eigenvalue weighted by Crippen LogP contribution is -2.21. The van der Waals surface area contributed by atoms with E-state index in [1.807, 2.05) is 12.3 Å². The zero-order chi connectivity index (χ0) is 13.8. The van der Waals surface area contributed by atoms with E-state index in [-0.39, 0.29) is 0 Å². The number of ether oxygens (including phenoxy) is 1. The van der Waals surface area contributed by atoms with Gasteiger partial charge in [0, 0.05) is 18.0 Å². The highest BCUT2D eigenvalue weighted by atomic mass is 16.5. The van der Waals surface area contributed by atoms with Crippen LogP contribution in [0.15, 0.2) is 36.7 Å². The number of carboxylic acid groups (broad SMARTS) is 1. The van der Waals surface area contributed by atoms with E-state index in [0.717, 1.165) is 5.56 Å². The van der Waals surface area contributed by atoms with E-state index < -0.39 is 12.0 Å². The van der Waals surface area contributed by atoms with Crippen molar-refractivity contribution in [1.82, 2.24) is 9.78 Å². The number of nitrogens with zero attached hydrogens (tertiary/aromatic N) is 2. The van der Waals surface area contributed by atoms with Crippen LogP contribution in [0.5, 0.6) is 5.75 Å². The van der Waals surface area contributed by atoms with Crippen LogP contribution in [-0.4, -0.2) is 28.0 Å². The van der Waals surface area contributed by atoms with E-state index in [4.69, 9.17) is 15.6 Å². The first-order valence-corrected chi connectivity index (χ1v) is 5.74. The van der Waals surface area contributed by atoms with Gasteiger partial charge in [0.05, 0.1) is 13.7 Å². The molecule has 0 aliphatic carbocycles. The third-order valence-corrected chi connectivity index (χ3v) is 2.82. The summed E-state index contributed by atoms with van der Waals surface area (Å²) in [5, 5.41) is 13.0. The van der Waals surface area contributed by atoms with E-state index in [0.29, 0.717) is 17.9 Å². The van der Waals surface area contributed by atoms with E-state index >= 15 is 0 Å². The summed E-state index contributed by atoms with van der Waals surface area (Å²) < 4.78 is 6.99. The predicted molar refractivity (Wildman–Crippen MR) is 68.9 cm³/mol. The lowest BCUT2D eigenvalue weighted by Gasteiger charge is -2.13. The molecule has 0 fully saturated rings. The number of carbonyl (C=O) groups is 1. The number of aliphatic carboxylic acids is 1. The molecule has 1 atom stereocenters. The molecule has 19 heavy (non-hydrogen) atoms. The average molecular weight is 261 g/mol. The summed E-state index contributed by atoms with van der Waals surface area (Å²) in [5.74, 6) is -0.382. The molecule has 0 bridgehead atoms. The van der Waals surface area contributed by atoms with Gasteiger partial charge in [0.15, 0.2) is 0 Å². The number of rotatable bonds is 5. The second kappa shape index (κ2) is 5.53. The van der Waals surface area contributed by atoms with Crippen LogP contribution >= 0.6 is 0 Å². The van der Waals surface area contributed by atoms with Crippen molar-refractivity contribution in [2.75, 3.05) is 7.11 Å². The van der Waals surface area contributed by atoms with Crippen LogP contribution in [0.3, 0.4) is 0 Å². The zero-order valence-corrected chi connectivity index (χ0v) is 10.5. The largest absolute Gasteiger partial charge is 0.496 e. The van der Waals surface area contributed by atoms with Gasteiger partial charge in [-0.2, -0.15) is 5.10 Å². The maximum atomic E-state index is 10.9. The number of benzene rings is 1. The maximum absolute atomic E-state index is 10.9. The van der Waals surface area contributed by atoms with Gasteiger partial charge in [-0.05, 0) is 23.8 Å². The average Bonchev–Trinajstić information content (AvgIpc) is 2.90. The summed E-state index contributed by atoms with van der Waals surface area (Å²) in [5.41, 5.74) is 6.98. The van der Waals surface area contributed by atoms with Crippen LogP contribution in [0.4, 0.5) is 0 Å². The molecule has 6 heteroatoms. The molecular formula is C13H15N3O3. The molecule has 2 rings (SSSR count). The molecule has 0 saturated heterocycles. The van der Waals surface area contributed by atoms with E-state index in [1.165, 1.54) is 0 Å².